The van der Waals surface area contributed by atoms with E-state index in [-0.39, 0.29) is 17.3 Å². The zero-order chi connectivity index (χ0) is 24.4. The summed E-state index contributed by atoms with van der Waals surface area (Å²) in [5, 5.41) is 2.02. The molecule has 0 N–H and O–H groups in total. The summed E-state index contributed by atoms with van der Waals surface area (Å²) in [5.41, 5.74) is 1.67. The quantitative estimate of drug-likeness (QED) is 0.419. The van der Waals surface area contributed by atoms with E-state index in [1.807, 2.05) is 16.7 Å². The van der Waals surface area contributed by atoms with Gasteiger partial charge in [0, 0.05) is 18.8 Å². The maximum atomic E-state index is 13.7. The van der Waals surface area contributed by atoms with Gasteiger partial charge in [-0.3, -0.25) is 9.80 Å². The van der Waals surface area contributed by atoms with E-state index in [1.54, 1.807) is 28.9 Å². The minimum atomic E-state index is -0.446. The molecule has 2 aromatic carbocycles. The molecule has 3 heterocycles. The van der Waals surface area contributed by atoms with Gasteiger partial charge in [0.15, 0.2) is 0 Å². The fraction of sp³-hybridized carbons (Fsp3) is 0.240. The van der Waals surface area contributed by atoms with Crippen LogP contribution in [0.2, 0.25) is 0 Å². The smallest absolute Gasteiger partial charge is 0.322 e. The van der Waals surface area contributed by atoms with Crippen molar-refractivity contribution in [2.24, 2.45) is 0 Å². The van der Waals surface area contributed by atoms with Crippen LogP contribution in [0.5, 0.6) is 11.8 Å². The number of morpholine rings is 1. The Morgan fingerprint density at radius 2 is 1.80 bits per heavy atom. The molecular weight excluding hydrogens is 456 g/mol. The second-order valence-electron chi connectivity index (χ2n) is 7.89. The summed E-state index contributed by atoms with van der Waals surface area (Å²) < 4.78 is 40.1. The lowest BCUT2D eigenvalue weighted by atomic mass is 10.0. The molecule has 1 aliphatic heterocycles. The van der Waals surface area contributed by atoms with Crippen LogP contribution in [0, 0.1) is 11.6 Å². The van der Waals surface area contributed by atoms with E-state index in [2.05, 4.69) is 9.97 Å². The first-order valence-corrected chi connectivity index (χ1v) is 11.3. The summed E-state index contributed by atoms with van der Waals surface area (Å²) in [6.45, 7) is 4.46. The minimum Gasteiger partial charge on any atom is -0.424 e. The van der Waals surface area contributed by atoms with Crippen LogP contribution in [0.1, 0.15) is 6.92 Å². The van der Waals surface area contributed by atoms with E-state index in [4.69, 9.17) is 9.47 Å². The highest BCUT2D eigenvalue weighted by atomic mass is 19.1. The normalized spacial score (nSPS) is 13.7. The molecule has 0 unspecified atom stereocenters. The Hall–Kier alpha value is -4.05. The summed E-state index contributed by atoms with van der Waals surface area (Å²) in [5.74, 6) is -0.595. The summed E-state index contributed by atoms with van der Waals surface area (Å²) in [6, 6.07) is 13.1. The molecule has 0 spiro atoms. The molecule has 10 heteroatoms. The van der Waals surface area contributed by atoms with E-state index in [1.165, 1.54) is 36.5 Å². The molecule has 0 saturated carbocycles. The Morgan fingerprint density at radius 3 is 2.51 bits per heavy atom. The monoisotopic (exact) mass is 479 g/mol. The summed E-state index contributed by atoms with van der Waals surface area (Å²) >= 11 is 0. The summed E-state index contributed by atoms with van der Waals surface area (Å²) in [4.78, 5) is 24.2. The molecule has 8 nitrogen and oxygen atoms in total. The maximum Gasteiger partial charge on any atom is 0.322 e. The summed E-state index contributed by atoms with van der Waals surface area (Å²) in [6.07, 6.45) is 1.52. The van der Waals surface area contributed by atoms with Crippen molar-refractivity contribution in [2.75, 3.05) is 31.3 Å². The topological polar surface area (TPSA) is 74.4 Å². The lowest BCUT2D eigenvalue weighted by molar-refractivity contribution is 0.106. The highest BCUT2D eigenvalue weighted by molar-refractivity contribution is 5.79. The fourth-order valence-corrected chi connectivity index (χ4v) is 4.12. The highest BCUT2D eigenvalue weighted by Gasteiger charge is 2.27. The van der Waals surface area contributed by atoms with Crippen molar-refractivity contribution in [2.45, 2.75) is 13.5 Å². The second-order valence-corrected chi connectivity index (χ2v) is 7.89. The zero-order valence-electron chi connectivity index (χ0n) is 19.0. The van der Waals surface area contributed by atoms with Crippen molar-refractivity contribution in [3.8, 4) is 34.3 Å². The Labute approximate surface area is 199 Å². The molecule has 0 atom stereocenters. The van der Waals surface area contributed by atoms with Crippen molar-refractivity contribution in [3.05, 3.63) is 82.8 Å². The molecule has 1 aliphatic rings. The van der Waals surface area contributed by atoms with Crippen molar-refractivity contribution >= 4 is 0 Å². The van der Waals surface area contributed by atoms with Gasteiger partial charge in [-0.25, -0.2) is 18.4 Å². The van der Waals surface area contributed by atoms with Crippen LogP contribution in [0.25, 0.3) is 22.5 Å². The van der Waals surface area contributed by atoms with Crippen molar-refractivity contribution in [1.29, 1.82) is 0 Å². The maximum absolute atomic E-state index is 13.7. The van der Waals surface area contributed by atoms with E-state index >= 15 is 0 Å². The van der Waals surface area contributed by atoms with Crippen LogP contribution in [0.15, 0.2) is 65.6 Å². The zero-order valence-corrected chi connectivity index (χ0v) is 19.0. The number of nitrogens with zero attached hydrogens (tertiary/aromatic N) is 5. The Balaban J connectivity index is 1.69. The average molecular weight is 479 g/mol. The lowest BCUT2D eigenvalue weighted by Gasteiger charge is -2.32. The van der Waals surface area contributed by atoms with Crippen LogP contribution < -0.4 is 15.3 Å². The predicted octanol–water partition coefficient (Wildman–Crippen LogP) is 3.83. The van der Waals surface area contributed by atoms with E-state index in [9.17, 15) is 13.6 Å². The number of hydrogen-bond acceptors (Lipinski definition) is 6. The molecule has 4 aromatic rings. The molecule has 1 saturated heterocycles. The highest BCUT2D eigenvalue weighted by Crippen LogP contribution is 2.31. The van der Waals surface area contributed by atoms with Crippen LogP contribution in [-0.2, 0) is 11.3 Å². The Morgan fingerprint density at radius 1 is 1.03 bits per heavy atom. The molecule has 0 radical (unpaired) electrons. The van der Waals surface area contributed by atoms with Gasteiger partial charge in [-0.2, -0.15) is 9.77 Å². The third-order valence-corrected chi connectivity index (χ3v) is 5.68. The van der Waals surface area contributed by atoms with Crippen molar-refractivity contribution in [3.63, 3.8) is 0 Å². The lowest BCUT2D eigenvalue weighted by Crippen LogP contribution is -2.48. The molecule has 0 amide bonds. The van der Waals surface area contributed by atoms with Gasteiger partial charge in [-0.05, 0) is 42.8 Å². The van der Waals surface area contributed by atoms with Gasteiger partial charge in [0.05, 0.1) is 37.6 Å². The van der Waals surface area contributed by atoms with Crippen LogP contribution in [0.3, 0.4) is 0 Å². The van der Waals surface area contributed by atoms with Crippen LogP contribution >= 0.6 is 0 Å². The van der Waals surface area contributed by atoms with Gasteiger partial charge in [0.2, 0.25) is 0 Å². The Bertz CT molecular complexity index is 1400. The van der Waals surface area contributed by atoms with Gasteiger partial charge in [0.1, 0.15) is 23.1 Å². The van der Waals surface area contributed by atoms with E-state index < -0.39 is 11.6 Å². The van der Waals surface area contributed by atoms with E-state index in [0.717, 1.165) is 0 Å². The molecular formula is C25H23F2N5O3. The second kappa shape index (κ2) is 9.67. The number of aromatic nitrogens is 4. The summed E-state index contributed by atoms with van der Waals surface area (Å²) in [7, 11) is 0. The van der Waals surface area contributed by atoms with Gasteiger partial charge >= 0.3 is 6.01 Å². The first-order valence-electron chi connectivity index (χ1n) is 11.3. The molecule has 5 rings (SSSR count). The van der Waals surface area contributed by atoms with Crippen LogP contribution in [-0.4, -0.2) is 45.7 Å². The SMILES string of the molecule is CCn1c(=O)c(-c2ccc(F)cc2)c(-c2ccnc(Oc3cccc(F)c3)n2)n1N1CCOCC1. The number of benzene rings is 2. The van der Waals surface area contributed by atoms with E-state index in [0.29, 0.717) is 55.4 Å². The molecule has 0 bridgehead atoms. The fourth-order valence-electron chi connectivity index (χ4n) is 4.12. The van der Waals surface area contributed by atoms with Gasteiger partial charge in [-0.1, -0.05) is 18.2 Å². The largest absolute Gasteiger partial charge is 0.424 e. The molecule has 1 fully saturated rings. The third-order valence-electron chi connectivity index (χ3n) is 5.68. The standard InChI is InChI=1S/C25H23F2N5O3/c1-2-31-24(33)22(17-6-8-18(26)9-7-17)23(32(31)30-12-14-34-15-13-30)21-10-11-28-25(29-21)35-20-5-3-4-19(27)16-20/h3-11,16H,2,12-15H2,1H3. The number of ether oxygens (including phenoxy) is 2. The number of hydrogen-bond donors (Lipinski definition) is 0. The Kier molecular flexibility index (Phi) is 6.28. The average Bonchev–Trinajstić information content (AvgIpc) is 3.17. The molecule has 0 aliphatic carbocycles. The first-order chi connectivity index (χ1) is 17.0. The van der Waals surface area contributed by atoms with Crippen molar-refractivity contribution in [1.82, 2.24) is 19.4 Å². The van der Waals surface area contributed by atoms with Gasteiger partial charge < -0.3 is 9.47 Å². The molecule has 35 heavy (non-hydrogen) atoms. The van der Waals surface area contributed by atoms with Crippen LogP contribution in [0.4, 0.5) is 8.78 Å². The third kappa shape index (κ3) is 4.52. The molecule has 2 aromatic heterocycles. The first kappa shape index (κ1) is 22.7. The van der Waals surface area contributed by atoms with Crippen molar-refractivity contribution < 1.29 is 18.3 Å². The minimum absolute atomic E-state index is 0.00313. The predicted molar refractivity (Wildman–Crippen MR) is 126 cm³/mol. The molecule has 180 valence electrons. The number of halogens is 2. The number of rotatable bonds is 6. The van der Waals surface area contributed by atoms with Gasteiger partial charge in [0.25, 0.3) is 5.56 Å². The van der Waals surface area contributed by atoms with Gasteiger partial charge in [-0.15, -0.1) is 0 Å².